The van der Waals surface area contributed by atoms with Crippen LogP contribution in [0.5, 0.6) is 0 Å². The molecule has 1 saturated heterocycles. The van der Waals surface area contributed by atoms with Crippen molar-refractivity contribution < 1.29 is 4.79 Å². The number of thiophene rings is 1. The highest BCUT2D eigenvalue weighted by Crippen LogP contribution is 2.21. The third-order valence-electron chi connectivity index (χ3n) is 4.25. The Bertz CT molecular complexity index is 715. The number of amides is 1. The van der Waals surface area contributed by atoms with Gasteiger partial charge in [-0.3, -0.25) is 4.79 Å². The average molecular weight is 345 g/mol. The maximum atomic E-state index is 12.4. The van der Waals surface area contributed by atoms with E-state index in [1.54, 1.807) is 6.33 Å². The lowest BCUT2D eigenvalue weighted by molar-refractivity contribution is 0.0936. The zero-order valence-electron chi connectivity index (χ0n) is 14.3. The third kappa shape index (κ3) is 3.67. The zero-order valence-corrected chi connectivity index (χ0v) is 15.1. The fraction of sp³-hybridized carbons (Fsp3) is 0.471. The molecule has 7 heteroatoms. The van der Waals surface area contributed by atoms with E-state index in [1.165, 1.54) is 11.3 Å². The van der Waals surface area contributed by atoms with Gasteiger partial charge in [-0.1, -0.05) is 0 Å². The minimum Gasteiger partial charge on any atom is -0.363 e. The van der Waals surface area contributed by atoms with Crippen LogP contribution in [0.1, 0.15) is 28.1 Å². The van der Waals surface area contributed by atoms with Crippen molar-refractivity contribution in [1.29, 1.82) is 0 Å². The highest BCUT2D eigenvalue weighted by molar-refractivity contribution is 7.12. The molecule has 0 spiro atoms. The van der Waals surface area contributed by atoms with Gasteiger partial charge in [0.15, 0.2) is 0 Å². The smallest absolute Gasteiger partial charge is 0.261 e. The van der Waals surface area contributed by atoms with Crippen molar-refractivity contribution in [2.24, 2.45) is 0 Å². The van der Waals surface area contributed by atoms with Gasteiger partial charge in [0.05, 0.1) is 4.88 Å². The third-order valence-corrected chi connectivity index (χ3v) is 5.26. The first-order chi connectivity index (χ1) is 11.5. The second-order valence-corrected chi connectivity index (χ2v) is 7.24. The van der Waals surface area contributed by atoms with Crippen LogP contribution in [-0.4, -0.2) is 49.1 Å². The molecule has 1 atom stereocenters. The number of aromatic nitrogens is 2. The Kier molecular flexibility index (Phi) is 4.99. The minimum atomic E-state index is 0.0334. The van der Waals surface area contributed by atoms with E-state index >= 15 is 0 Å². The van der Waals surface area contributed by atoms with Crippen molar-refractivity contribution in [2.45, 2.75) is 25.8 Å². The summed E-state index contributed by atoms with van der Waals surface area (Å²) >= 11 is 1.50. The predicted octanol–water partition coefficient (Wildman–Crippen LogP) is 2.31. The number of aryl methyl sites for hydroxylation is 1. The first-order valence-corrected chi connectivity index (χ1v) is 9.02. The van der Waals surface area contributed by atoms with E-state index in [4.69, 9.17) is 0 Å². The minimum absolute atomic E-state index is 0.0334. The van der Waals surface area contributed by atoms with Crippen LogP contribution in [0, 0.1) is 6.92 Å². The van der Waals surface area contributed by atoms with Gasteiger partial charge >= 0.3 is 0 Å². The Morgan fingerprint density at radius 1 is 1.42 bits per heavy atom. The van der Waals surface area contributed by atoms with Crippen LogP contribution in [-0.2, 0) is 0 Å². The standard InChI is InChI=1S/C17H23N5OS/c1-12-6-8-24-16(12)17(23)20-13-5-4-7-22(10-13)15-9-14(21(2)3)18-11-19-15/h6,8-9,11,13H,4-5,7,10H2,1-3H3,(H,20,23)/t13-/m1/s1. The van der Waals surface area contributed by atoms with Gasteiger partial charge in [-0.15, -0.1) is 11.3 Å². The zero-order chi connectivity index (χ0) is 17.1. The molecule has 1 fully saturated rings. The molecule has 1 aliphatic rings. The van der Waals surface area contributed by atoms with E-state index in [0.29, 0.717) is 0 Å². The fourth-order valence-electron chi connectivity index (χ4n) is 2.91. The van der Waals surface area contributed by atoms with E-state index in [9.17, 15) is 4.79 Å². The van der Waals surface area contributed by atoms with Gasteiger partial charge in [0, 0.05) is 39.3 Å². The van der Waals surface area contributed by atoms with Gasteiger partial charge < -0.3 is 15.1 Å². The van der Waals surface area contributed by atoms with Gasteiger partial charge in [-0.25, -0.2) is 9.97 Å². The molecule has 2 aromatic heterocycles. The van der Waals surface area contributed by atoms with Gasteiger partial charge in [-0.2, -0.15) is 0 Å². The highest BCUT2D eigenvalue weighted by atomic mass is 32.1. The molecule has 24 heavy (non-hydrogen) atoms. The summed E-state index contributed by atoms with van der Waals surface area (Å²) in [6, 6.07) is 4.12. The van der Waals surface area contributed by atoms with Gasteiger partial charge in [0.1, 0.15) is 18.0 Å². The molecule has 3 heterocycles. The summed E-state index contributed by atoms with van der Waals surface area (Å²) < 4.78 is 0. The molecule has 0 radical (unpaired) electrons. The molecule has 1 amide bonds. The summed E-state index contributed by atoms with van der Waals surface area (Å²) in [5.74, 6) is 1.84. The summed E-state index contributed by atoms with van der Waals surface area (Å²) in [7, 11) is 3.93. The first kappa shape index (κ1) is 16.7. The number of hydrogen-bond donors (Lipinski definition) is 1. The summed E-state index contributed by atoms with van der Waals surface area (Å²) in [5.41, 5.74) is 1.04. The Balaban J connectivity index is 1.67. The molecule has 0 aliphatic carbocycles. The molecule has 2 aromatic rings. The number of piperidine rings is 1. The summed E-state index contributed by atoms with van der Waals surface area (Å²) in [6.45, 7) is 3.70. The summed E-state index contributed by atoms with van der Waals surface area (Å²) in [5, 5.41) is 5.13. The van der Waals surface area contributed by atoms with Crippen LogP contribution in [0.2, 0.25) is 0 Å². The number of anilines is 2. The number of rotatable bonds is 4. The fourth-order valence-corrected chi connectivity index (χ4v) is 3.74. The van der Waals surface area contributed by atoms with Gasteiger partial charge in [-0.05, 0) is 36.8 Å². The largest absolute Gasteiger partial charge is 0.363 e. The average Bonchev–Trinajstić information content (AvgIpc) is 3.01. The van der Waals surface area contributed by atoms with Crippen molar-refractivity contribution >= 4 is 28.9 Å². The lowest BCUT2D eigenvalue weighted by Crippen LogP contribution is -2.48. The van der Waals surface area contributed by atoms with Crippen molar-refractivity contribution in [3.63, 3.8) is 0 Å². The van der Waals surface area contributed by atoms with E-state index < -0.39 is 0 Å². The molecule has 6 nitrogen and oxygen atoms in total. The lowest BCUT2D eigenvalue weighted by Gasteiger charge is -2.34. The van der Waals surface area contributed by atoms with Crippen LogP contribution < -0.4 is 15.1 Å². The molecule has 3 rings (SSSR count). The summed E-state index contributed by atoms with van der Waals surface area (Å²) in [4.78, 5) is 26.1. The Morgan fingerprint density at radius 3 is 2.96 bits per heavy atom. The molecule has 1 aliphatic heterocycles. The SMILES string of the molecule is Cc1ccsc1C(=O)N[C@@H]1CCCN(c2cc(N(C)C)ncn2)C1. The Labute approximate surface area is 146 Å². The quantitative estimate of drug-likeness (QED) is 0.921. The lowest BCUT2D eigenvalue weighted by atomic mass is 10.1. The van der Waals surface area contributed by atoms with Crippen molar-refractivity contribution in [3.05, 3.63) is 34.3 Å². The summed E-state index contributed by atoms with van der Waals surface area (Å²) in [6.07, 6.45) is 3.63. The number of nitrogens with zero attached hydrogens (tertiary/aromatic N) is 4. The van der Waals surface area contributed by atoms with Crippen LogP contribution in [0.3, 0.4) is 0 Å². The van der Waals surface area contributed by atoms with E-state index in [2.05, 4.69) is 20.2 Å². The number of hydrogen-bond acceptors (Lipinski definition) is 6. The Morgan fingerprint density at radius 2 is 2.25 bits per heavy atom. The molecular formula is C17H23N5OS. The van der Waals surface area contributed by atoms with Crippen LogP contribution in [0.15, 0.2) is 23.8 Å². The molecule has 128 valence electrons. The van der Waals surface area contributed by atoms with Crippen LogP contribution >= 0.6 is 11.3 Å². The van der Waals surface area contributed by atoms with Crippen molar-refractivity contribution in [2.75, 3.05) is 37.0 Å². The second-order valence-electron chi connectivity index (χ2n) is 6.32. The van der Waals surface area contributed by atoms with Crippen LogP contribution in [0.25, 0.3) is 0 Å². The highest BCUT2D eigenvalue weighted by Gasteiger charge is 2.24. The monoisotopic (exact) mass is 345 g/mol. The normalized spacial score (nSPS) is 17.6. The molecule has 1 N–H and O–H groups in total. The number of carbonyl (C=O) groups is 1. The molecule has 0 aromatic carbocycles. The second kappa shape index (κ2) is 7.17. The molecule has 0 bridgehead atoms. The van der Waals surface area contributed by atoms with Crippen molar-refractivity contribution in [3.8, 4) is 0 Å². The van der Waals surface area contributed by atoms with E-state index in [-0.39, 0.29) is 11.9 Å². The molecule has 0 unspecified atom stereocenters. The topological polar surface area (TPSA) is 61.4 Å². The van der Waals surface area contributed by atoms with Crippen LogP contribution in [0.4, 0.5) is 11.6 Å². The first-order valence-electron chi connectivity index (χ1n) is 8.14. The molecular weight excluding hydrogens is 322 g/mol. The van der Waals surface area contributed by atoms with Crippen molar-refractivity contribution in [1.82, 2.24) is 15.3 Å². The molecule has 0 saturated carbocycles. The van der Waals surface area contributed by atoms with Gasteiger partial charge in [0.2, 0.25) is 0 Å². The maximum Gasteiger partial charge on any atom is 0.261 e. The maximum absolute atomic E-state index is 12.4. The van der Waals surface area contributed by atoms with E-state index in [0.717, 1.165) is 48.0 Å². The predicted molar refractivity (Wildman–Crippen MR) is 98.1 cm³/mol. The number of carbonyl (C=O) groups excluding carboxylic acids is 1. The Hall–Kier alpha value is -2.15. The van der Waals surface area contributed by atoms with E-state index in [1.807, 2.05) is 43.4 Å². The van der Waals surface area contributed by atoms with Gasteiger partial charge in [0.25, 0.3) is 5.91 Å². The number of nitrogens with one attached hydrogen (secondary N) is 1.